The van der Waals surface area contributed by atoms with Crippen LogP contribution < -0.4 is 4.90 Å². The van der Waals surface area contributed by atoms with Gasteiger partial charge in [0.25, 0.3) is 0 Å². The molecule has 0 bridgehead atoms. The van der Waals surface area contributed by atoms with Gasteiger partial charge in [0.1, 0.15) is 0 Å². The first-order valence-electron chi connectivity index (χ1n) is 19.2. The quantitative estimate of drug-likeness (QED) is 0.173. The standard InChI is InChI=1S/C53H38N2/c1-53(2)49-32-38-15-11-9-13-36(38)29-46(49)45-27-26-44(34-50(45)53)54(41-17-5-3-6-18-41)43-24-21-35(22-25-43)40-23-28-51-47(31-40)48-30-37-14-10-12-16-39(37)33-52(48)55(51)42-19-7-4-8-20-42/h3-34H,1-2H3. The summed E-state index contributed by atoms with van der Waals surface area (Å²) in [5, 5.41) is 7.61. The van der Waals surface area contributed by atoms with Gasteiger partial charge in [-0.3, -0.25) is 0 Å². The summed E-state index contributed by atoms with van der Waals surface area (Å²) < 4.78 is 2.40. The lowest BCUT2D eigenvalue weighted by atomic mass is 9.81. The Labute approximate surface area is 321 Å². The summed E-state index contributed by atoms with van der Waals surface area (Å²) in [6.45, 7) is 4.74. The molecule has 0 N–H and O–H groups in total. The molecule has 1 aliphatic rings. The highest BCUT2D eigenvalue weighted by Gasteiger charge is 2.36. The normalized spacial score (nSPS) is 13.1. The molecule has 1 aromatic heterocycles. The molecule has 1 heterocycles. The topological polar surface area (TPSA) is 8.17 Å². The lowest BCUT2D eigenvalue weighted by Crippen LogP contribution is -2.16. The summed E-state index contributed by atoms with van der Waals surface area (Å²) in [6, 6.07) is 71.4. The van der Waals surface area contributed by atoms with Crippen LogP contribution in [0.5, 0.6) is 0 Å². The van der Waals surface area contributed by atoms with Crippen LogP contribution >= 0.6 is 0 Å². The summed E-state index contributed by atoms with van der Waals surface area (Å²) in [5.41, 5.74) is 14.7. The fraction of sp³-hybridized carbons (Fsp3) is 0.0566. The lowest BCUT2D eigenvalue weighted by molar-refractivity contribution is 0.661. The number of hydrogen-bond donors (Lipinski definition) is 0. The molecule has 2 nitrogen and oxygen atoms in total. The molecule has 260 valence electrons. The first kappa shape index (κ1) is 31.6. The van der Waals surface area contributed by atoms with Crippen LogP contribution in [0.3, 0.4) is 0 Å². The number of benzene rings is 9. The summed E-state index contributed by atoms with van der Waals surface area (Å²) in [6.07, 6.45) is 0. The van der Waals surface area contributed by atoms with Gasteiger partial charge >= 0.3 is 0 Å². The second-order valence-corrected chi connectivity index (χ2v) is 15.4. The molecule has 0 unspecified atom stereocenters. The maximum absolute atomic E-state index is 2.42. The average Bonchev–Trinajstić information content (AvgIpc) is 3.66. The van der Waals surface area contributed by atoms with Gasteiger partial charge in [-0.15, -0.1) is 0 Å². The lowest BCUT2D eigenvalue weighted by Gasteiger charge is -2.28. The SMILES string of the molecule is CC1(C)c2cc(N(c3ccccc3)c3ccc(-c4ccc5c(c4)c4cc6ccccc6cc4n5-c4ccccc4)cc3)ccc2-c2cc3ccccc3cc21. The minimum Gasteiger partial charge on any atom is -0.310 e. The zero-order chi connectivity index (χ0) is 36.7. The van der Waals surface area contributed by atoms with E-state index >= 15 is 0 Å². The highest BCUT2D eigenvalue weighted by Crippen LogP contribution is 2.52. The Morgan fingerprint density at radius 1 is 0.382 bits per heavy atom. The van der Waals surface area contributed by atoms with E-state index in [0.717, 1.165) is 17.1 Å². The molecule has 0 radical (unpaired) electrons. The monoisotopic (exact) mass is 702 g/mol. The van der Waals surface area contributed by atoms with Crippen molar-refractivity contribution in [3.8, 4) is 27.9 Å². The second kappa shape index (κ2) is 12.1. The molecule has 0 aliphatic heterocycles. The third kappa shape index (κ3) is 4.95. The van der Waals surface area contributed by atoms with E-state index in [0.29, 0.717) is 0 Å². The Morgan fingerprint density at radius 2 is 0.927 bits per heavy atom. The Kier molecular flexibility index (Phi) is 6.93. The molecular weight excluding hydrogens is 665 g/mol. The number of anilines is 3. The minimum atomic E-state index is -0.120. The number of para-hydroxylation sites is 2. The van der Waals surface area contributed by atoms with Crippen molar-refractivity contribution in [3.63, 3.8) is 0 Å². The van der Waals surface area contributed by atoms with Crippen LogP contribution in [-0.2, 0) is 5.41 Å². The number of nitrogens with zero attached hydrogens (tertiary/aromatic N) is 2. The number of rotatable bonds is 5. The zero-order valence-electron chi connectivity index (χ0n) is 30.9. The van der Waals surface area contributed by atoms with E-state index < -0.39 is 0 Å². The van der Waals surface area contributed by atoms with Crippen molar-refractivity contribution in [3.05, 3.63) is 205 Å². The van der Waals surface area contributed by atoms with E-state index in [1.165, 1.54) is 82.4 Å². The molecule has 0 saturated carbocycles. The highest BCUT2D eigenvalue weighted by molar-refractivity contribution is 6.14. The average molecular weight is 703 g/mol. The molecule has 55 heavy (non-hydrogen) atoms. The van der Waals surface area contributed by atoms with Gasteiger partial charge in [-0.1, -0.05) is 123 Å². The number of hydrogen-bond acceptors (Lipinski definition) is 1. The van der Waals surface area contributed by atoms with Crippen LogP contribution in [0.15, 0.2) is 194 Å². The fourth-order valence-corrected chi connectivity index (χ4v) is 9.12. The van der Waals surface area contributed by atoms with Crippen molar-refractivity contribution in [1.82, 2.24) is 4.57 Å². The first-order valence-corrected chi connectivity index (χ1v) is 19.2. The van der Waals surface area contributed by atoms with Crippen LogP contribution in [-0.4, -0.2) is 4.57 Å². The molecule has 0 fully saturated rings. The van der Waals surface area contributed by atoms with Gasteiger partial charge in [-0.25, -0.2) is 0 Å². The molecule has 0 amide bonds. The van der Waals surface area contributed by atoms with Crippen molar-refractivity contribution in [1.29, 1.82) is 0 Å². The van der Waals surface area contributed by atoms with E-state index in [4.69, 9.17) is 0 Å². The molecule has 9 aromatic carbocycles. The summed E-state index contributed by atoms with van der Waals surface area (Å²) in [5.74, 6) is 0. The zero-order valence-corrected chi connectivity index (χ0v) is 30.9. The largest absolute Gasteiger partial charge is 0.310 e. The van der Waals surface area contributed by atoms with Gasteiger partial charge in [0, 0.05) is 38.9 Å². The summed E-state index contributed by atoms with van der Waals surface area (Å²) in [4.78, 5) is 2.39. The molecule has 11 rings (SSSR count). The van der Waals surface area contributed by atoms with Crippen molar-refractivity contribution >= 4 is 60.4 Å². The molecule has 2 heteroatoms. The fourth-order valence-electron chi connectivity index (χ4n) is 9.12. The highest BCUT2D eigenvalue weighted by atomic mass is 15.1. The maximum Gasteiger partial charge on any atom is 0.0547 e. The van der Waals surface area contributed by atoms with Gasteiger partial charge in [-0.2, -0.15) is 0 Å². The van der Waals surface area contributed by atoms with Crippen molar-refractivity contribution in [2.24, 2.45) is 0 Å². The van der Waals surface area contributed by atoms with Crippen LogP contribution in [0.25, 0.3) is 71.3 Å². The van der Waals surface area contributed by atoms with Gasteiger partial charge in [0.15, 0.2) is 0 Å². The third-order valence-corrected chi connectivity index (χ3v) is 11.9. The van der Waals surface area contributed by atoms with Gasteiger partial charge in [0.2, 0.25) is 0 Å². The van der Waals surface area contributed by atoms with Gasteiger partial charge in [0.05, 0.1) is 11.0 Å². The van der Waals surface area contributed by atoms with Crippen molar-refractivity contribution in [2.45, 2.75) is 19.3 Å². The molecule has 1 aliphatic carbocycles. The van der Waals surface area contributed by atoms with E-state index in [1.807, 2.05) is 0 Å². The van der Waals surface area contributed by atoms with Crippen LogP contribution in [0, 0.1) is 0 Å². The maximum atomic E-state index is 2.42. The van der Waals surface area contributed by atoms with Crippen LogP contribution in [0.1, 0.15) is 25.0 Å². The van der Waals surface area contributed by atoms with Gasteiger partial charge in [-0.05, 0) is 140 Å². The van der Waals surface area contributed by atoms with Gasteiger partial charge < -0.3 is 9.47 Å². The van der Waals surface area contributed by atoms with Crippen LogP contribution in [0.2, 0.25) is 0 Å². The van der Waals surface area contributed by atoms with Crippen LogP contribution in [0.4, 0.5) is 17.1 Å². The molecule has 0 saturated heterocycles. The Bertz CT molecular complexity index is 3100. The third-order valence-electron chi connectivity index (χ3n) is 11.9. The molecule has 0 atom stereocenters. The number of fused-ring (bicyclic) bond motifs is 8. The van der Waals surface area contributed by atoms with Crippen molar-refractivity contribution < 1.29 is 0 Å². The smallest absolute Gasteiger partial charge is 0.0547 e. The molecule has 10 aromatic rings. The molecular formula is C53H38N2. The van der Waals surface area contributed by atoms with Crippen molar-refractivity contribution in [2.75, 3.05) is 4.90 Å². The van der Waals surface area contributed by atoms with E-state index in [1.54, 1.807) is 0 Å². The first-order chi connectivity index (χ1) is 27.0. The second-order valence-electron chi connectivity index (χ2n) is 15.4. The van der Waals surface area contributed by atoms with E-state index in [9.17, 15) is 0 Å². The van der Waals surface area contributed by atoms with E-state index in [-0.39, 0.29) is 5.41 Å². The summed E-state index contributed by atoms with van der Waals surface area (Å²) in [7, 11) is 0. The number of aromatic nitrogens is 1. The minimum absolute atomic E-state index is 0.120. The summed E-state index contributed by atoms with van der Waals surface area (Å²) >= 11 is 0. The predicted molar refractivity (Wildman–Crippen MR) is 233 cm³/mol. The Balaban J connectivity index is 1.01. The predicted octanol–water partition coefficient (Wildman–Crippen LogP) is 14.5. The molecule has 0 spiro atoms. The van der Waals surface area contributed by atoms with E-state index in [2.05, 4.69) is 217 Å². The Hall–Kier alpha value is -6.90. The Morgan fingerprint density at radius 3 is 1.65 bits per heavy atom.